The van der Waals surface area contributed by atoms with Gasteiger partial charge in [0.05, 0.1) is 6.10 Å². The zero-order valence-corrected chi connectivity index (χ0v) is 14.0. The van der Waals surface area contributed by atoms with E-state index >= 15 is 0 Å². The van der Waals surface area contributed by atoms with Crippen LogP contribution in [0.1, 0.15) is 59.8 Å². The fraction of sp³-hybridized carbons (Fsp3) is 1.00. The van der Waals surface area contributed by atoms with E-state index in [0.717, 1.165) is 32.2 Å². The molecule has 0 spiro atoms. The summed E-state index contributed by atoms with van der Waals surface area (Å²) in [6.07, 6.45) is 6.67. The first-order valence-corrected chi connectivity index (χ1v) is 8.47. The number of piperidine rings is 1. The molecule has 2 N–H and O–H groups in total. The first kappa shape index (κ1) is 16.3. The molecule has 1 saturated carbocycles. The van der Waals surface area contributed by atoms with Crippen LogP contribution in [0.15, 0.2) is 0 Å². The molecular formula is C17H34N2O. The Bertz CT molecular complexity index is 310. The van der Waals surface area contributed by atoms with E-state index in [0.29, 0.717) is 11.5 Å². The number of hydrogen-bond acceptors (Lipinski definition) is 3. The lowest BCUT2D eigenvalue weighted by Crippen LogP contribution is -2.61. The van der Waals surface area contributed by atoms with E-state index in [-0.39, 0.29) is 5.54 Å². The van der Waals surface area contributed by atoms with Crippen molar-refractivity contribution < 1.29 is 4.74 Å². The highest BCUT2D eigenvalue weighted by molar-refractivity contribution is 5.02. The summed E-state index contributed by atoms with van der Waals surface area (Å²) in [5, 5.41) is 0. The summed E-state index contributed by atoms with van der Waals surface area (Å²) in [5.41, 5.74) is 6.93. The van der Waals surface area contributed by atoms with Crippen molar-refractivity contribution in [3.63, 3.8) is 0 Å². The molecule has 2 fully saturated rings. The van der Waals surface area contributed by atoms with Crippen molar-refractivity contribution in [1.29, 1.82) is 0 Å². The van der Waals surface area contributed by atoms with Gasteiger partial charge in [-0.1, -0.05) is 20.8 Å². The van der Waals surface area contributed by atoms with Gasteiger partial charge in [0.2, 0.25) is 0 Å². The van der Waals surface area contributed by atoms with Gasteiger partial charge in [-0.3, -0.25) is 4.90 Å². The zero-order valence-electron chi connectivity index (χ0n) is 14.0. The Hall–Kier alpha value is -0.120. The fourth-order valence-electron chi connectivity index (χ4n) is 4.96. The van der Waals surface area contributed by atoms with Crippen LogP contribution in [-0.4, -0.2) is 42.8 Å². The maximum Gasteiger partial charge on any atom is 0.0599 e. The molecule has 1 aliphatic heterocycles. The number of nitrogens with two attached hydrogens (primary N) is 1. The predicted molar refractivity (Wildman–Crippen MR) is 84.8 cm³/mol. The molecule has 2 unspecified atom stereocenters. The van der Waals surface area contributed by atoms with Crippen LogP contribution in [0.2, 0.25) is 0 Å². The van der Waals surface area contributed by atoms with Crippen molar-refractivity contribution in [3.05, 3.63) is 0 Å². The van der Waals surface area contributed by atoms with Crippen LogP contribution in [-0.2, 0) is 4.74 Å². The molecule has 0 bridgehead atoms. The molecule has 2 aliphatic rings. The average Bonchev–Trinajstić information content (AvgIpc) is 2.37. The third kappa shape index (κ3) is 3.55. The molecule has 1 heterocycles. The Morgan fingerprint density at radius 1 is 1.20 bits per heavy atom. The highest BCUT2D eigenvalue weighted by Crippen LogP contribution is 2.46. The first-order valence-electron chi connectivity index (χ1n) is 8.47. The monoisotopic (exact) mass is 282 g/mol. The lowest BCUT2D eigenvalue weighted by molar-refractivity contribution is -0.0557. The Morgan fingerprint density at radius 3 is 2.35 bits per heavy atom. The minimum atomic E-state index is 0.234. The van der Waals surface area contributed by atoms with Crippen molar-refractivity contribution in [1.82, 2.24) is 4.90 Å². The fourth-order valence-corrected chi connectivity index (χ4v) is 4.96. The number of nitrogens with zero attached hydrogens (tertiary/aromatic N) is 1. The van der Waals surface area contributed by atoms with Crippen molar-refractivity contribution in [3.8, 4) is 0 Å². The number of ether oxygens (including phenoxy) is 1. The molecule has 118 valence electrons. The van der Waals surface area contributed by atoms with E-state index in [2.05, 4.69) is 32.6 Å². The largest absolute Gasteiger partial charge is 0.378 e. The molecule has 0 radical (unpaired) electrons. The summed E-state index contributed by atoms with van der Waals surface area (Å²) in [5.74, 6) is 0.784. The Balaban J connectivity index is 2.04. The second-order valence-corrected chi connectivity index (χ2v) is 7.92. The van der Waals surface area contributed by atoms with Crippen LogP contribution >= 0.6 is 0 Å². The van der Waals surface area contributed by atoms with E-state index in [1.165, 1.54) is 32.1 Å². The second kappa shape index (κ2) is 6.33. The number of likely N-dealkylation sites (tertiary alicyclic amines) is 1. The molecule has 3 heteroatoms. The van der Waals surface area contributed by atoms with Crippen LogP contribution in [0.25, 0.3) is 0 Å². The van der Waals surface area contributed by atoms with Gasteiger partial charge in [0.25, 0.3) is 0 Å². The van der Waals surface area contributed by atoms with Gasteiger partial charge in [0, 0.05) is 31.8 Å². The lowest BCUT2D eigenvalue weighted by atomic mass is 9.63. The highest BCUT2D eigenvalue weighted by atomic mass is 16.5. The Morgan fingerprint density at radius 2 is 1.85 bits per heavy atom. The molecule has 0 aromatic carbocycles. The van der Waals surface area contributed by atoms with Gasteiger partial charge in [-0.2, -0.15) is 0 Å². The van der Waals surface area contributed by atoms with Crippen molar-refractivity contribution in [2.24, 2.45) is 17.1 Å². The lowest BCUT2D eigenvalue weighted by Gasteiger charge is -2.54. The summed E-state index contributed by atoms with van der Waals surface area (Å²) < 4.78 is 5.79. The topological polar surface area (TPSA) is 38.5 Å². The quantitative estimate of drug-likeness (QED) is 0.861. The molecular weight excluding hydrogens is 248 g/mol. The minimum Gasteiger partial charge on any atom is -0.378 e. The first-order chi connectivity index (χ1) is 9.41. The maximum absolute atomic E-state index is 6.27. The van der Waals surface area contributed by atoms with Crippen LogP contribution in [0.3, 0.4) is 0 Å². The molecule has 2 rings (SSSR count). The van der Waals surface area contributed by atoms with Gasteiger partial charge in [-0.05, 0) is 50.4 Å². The summed E-state index contributed by atoms with van der Waals surface area (Å²) in [4.78, 5) is 2.69. The molecule has 0 amide bonds. The van der Waals surface area contributed by atoms with Gasteiger partial charge < -0.3 is 10.5 Å². The van der Waals surface area contributed by atoms with Gasteiger partial charge in [0.1, 0.15) is 0 Å². The zero-order chi connectivity index (χ0) is 14.8. The standard InChI is InChI=1S/C17H34N2O/c1-5-20-15-6-8-19(9-7-15)17(13-18)11-14(2)10-16(3,4)12-17/h14-15H,5-13,18H2,1-4H3. The number of rotatable bonds is 4. The van der Waals surface area contributed by atoms with E-state index in [1.807, 2.05) is 0 Å². The Labute approximate surface area is 125 Å². The summed E-state index contributed by atoms with van der Waals surface area (Å²) in [6, 6.07) is 0. The van der Waals surface area contributed by atoms with Gasteiger partial charge in [-0.25, -0.2) is 0 Å². The predicted octanol–water partition coefficient (Wildman–Crippen LogP) is 3.03. The third-order valence-corrected chi connectivity index (χ3v) is 5.33. The van der Waals surface area contributed by atoms with Crippen LogP contribution in [0.5, 0.6) is 0 Å². The molecule has 20 heavy (non-hydrogen) atoms. The van der Waals surface area contributed by atoms with Crippen LogP contribution in [0.4, 0.5) is 0 Å². The van der Waals surface area contributed by atoms with Gasteiger partial charge in [-0.15, -0.1) is 0 Å². The summed E-state index contributed by atoms with van der Waals surface area (Å²) in [7, 11) is 0. The normalized spacial score (nSPS) is 36.1. The van der Waals surface area contributed by atoms with E-state index in [4.69, 9.17) is 10.5 Å². The molecule has 3 nitrogen and oxygen atoms in total. The van der Waals surface area contributed by atoms with E-state index in [9.17, 15) is 0 Å². The van der Waals surface area contributed by atoms with Crippen LogP contribution in [0, 0.1) is 11.3 Å². The molecule has 2 atom stereocenters. The summed E-state index contributed by atoms with van der Waals surface area (Å²) >= 11 is 0. The van der Waals surface area contributed by atoms with E-state index in [1.54, 1.807) is 0 Å². The maximum atomic E-state index is 6.27. The van der Waals surface area contributed by atoms with Crippen molar-refractivity contribution in [2.75, 3.05) is 26.2 Å². The van der Waals surface area contributed by atoms with Crippen molar-refractivity contribution >= 4 is 0 Å². The second-order valence-electron chi connectivity index (χ2n) is 7.92. The Kier molecular flexibility index (Phi) is 5.14. The summed E-state index contributed by atoms with van der Waals surface area (Å²) in [6.45, 7) is 13.3. The van der Waals surface area contributed by atoms with Crippen LogP contribution < -0.4 is 5.73 Å². The van der Waals surface area contributed by atoms with Gasteiger partial charge >= 0.3 is 0 Å². The smallest absolute Gasteiger partial charge is 0.0599 e. The third-order valence-electron chi connectivity index (χ3n) is 5.33. The number of hydrogen-bond donors (Lipinski definition) is 1. The van der Waals surface area contributed by atoms with E-state index < -0.39 is 0 Å². The van der Waals surface area contributed by atoms with Gasteiger partial charge in [0.15, 0.2) is 0 Å². The van der Waals surface area contributed by atoms with Crippen molar-refractivity contribution in [2.45, 2.75) is 71.4 Å². The highest BCUT2D eigenvalue weighted by Gasteiger charge is 2.46. The SMILES string of the molecule is CCOC1CCN(C2(CN)CC(C)CC(C)(C)C2)CC1. The average molecular weight is 282 g/mol. The molecule has 0 aromatic rings. The molecule has 0 aromatic heterocycles. The molecule has 1 aliphatic carbocycles. The minimum absolute atomic E-state index is 0.234. The molecule has 1 saturated heterocycles.